The molecule has 2 rings (SSSR count). The molecule has 1 aliphatic carbocycles. The summed E-state index contributed by atoms with van der Waals surface area (Å²) in [7, 11) is 0. The number of anilines is 1. The third kappa shape index (κ3) is 2.54. The zero-order valence-corrected chi connectivity index (χ0v) is 9.85. The van der Waals surface area contributed by atoms with Crippen LogP contribution in [-0.2, 0) is 0 Å². The van der Waals surface area contributed by atoms with Crippen molar-refractivity contribution in [1.29, 1.82) is 10.5 Å². The predicted octanol–water partition coefficient (Wildman–Crippen LogP) is 2.14. The molecule has 4 nitrogen and oxygen atoms in total. The maximum atomic E-state index is 9.10. The van der Waals surface area contributed by atoms with E-state index in [0.29, 0.717) is 24.6 Å². The Kier molecular flexibility index (Phi) is 3.25. The minimum Gasteiger partial charge on any atom is -0.351 e. The van der Waals surface area contributed by atoms with Crippen molar-refractivity contribution in [2.75, 3.05) is 11.4 Å². The highest BCUT2D eigenvalue weighted by atomic mass is 15.2. The van der Waals surface area contributed by atoms with Crippen molar-refractivity contribution in [3.8, 4) is 12.1 Å². The molecule has 1 aromatic heterocycles. The molecule has 1 aliphatic rings. The van der Waals surface area contributed by atoms with E-state index in [1.54, 1.807) is 6.07 Å². The van der Waals surface area contributed by atoms with Crippen LogP contribution in [0.5, 0.6) is 0 Å². The Bertz CT molecular complexity index is 491. The third-order valence-corrected chi connectivity index (χ3v) is 2.86. The number of nitriles is 2. The highest BCUT2D eigenvalue weighted by Gasteiger charge is 2.31. The van der Waals surface area contributed by atoms with Gasteiger partial charge in [-0.25, -0.2) is 4.98 Å². The van der Waals surface area contributed by atoms with Crippen molar-refractivity contribution in [2.45, 2.75) is 32.2 Å². The lowest BCUT2D eigenvalue weighted by Gasteiger charge is -2.23. The molecule has 1 heterocycles. The van der Waals surface area contributed by atoms with E-state index < -0.39 is 0 Å². The number of aromatic nitrogens is 1. The Morgan fingerprint density at radius 3 is 2.76 bits per heavy atom. The van der Waals surface area contributed by atoms with E-state index in [-0.39, 0.29) is 0 Å². The first kappa shape index (κ1) is 11.4. The SMILES string of the molecule is Cc1ccc(C#N)c(N(CCC#N)C2CC2)n1. The predicted molar refractivity (Wildman–Crippen MR) is 64.3 cm³/mol. The highest BCUT2D eigenvalue weighted by molar-refractivity contribution is 5.55. The average Bonchev–Trinajstić information content (AvgIpc) is 3.14. The van der Waals surface area contributed by atoms with Gasteiger partial charge in [0.05, 0.1) is 18.1 Å². The topological polar surface area (TPSA) is 63.7 Å². The standard InChI is InChI=1S/C13H14N4/c1-10-3-4-11(9-15)13(16-10)17(8-2-7-14)12-5-6-12/h3-4,12H,2,5-6,8H2,1H3. The molecule has 0 unspecified atom stereocenters. The molecule has 0 aromatic carbocycles. The van der Waals surface area contributed by atoms with Gasteiger partial charge in [-0.05, 0) is 31.9 Å². The van der Waals surface area contributed by atoms with E-state index in [2.05, 4.69) is 22.0 Å². The van der Waals surface area contributed by atoms with Gasteiger partial charge >= 0.3 is 0 Å². The maximum absolute atomic E-state index is 9.10. The first-order valence-electron chi connectivity index (χ1n) is 5.77. The zero-order chi connectivity index (χ0) is 12.3. The largest absolute Gasteiger partial charge is 0.351 e. The van der Waals surface area contributed by atoms with Crippen LogP contribution in [0, 0.1) is 29.6 Å². The molecular weight excluding hydrogens is 212 g/mol. The summed E-state index contributed by atoms with van der Waals surface area (Å²) in [4.78, 5) is 6.56. The van der Waals surface area contributed by atoms with E-state index >= 15 is 0 Å². The molecule has 0 bridgehead atoms. The summed E-state index contributed by atoms with van der Waals surface area (Å²) in [6, 6.07) is 8.44. The van der Waals surface area contributed by atoms with Crippen molar-refractivity contribution in [1.82, 2.24) is 4.98 Å². The minimum absolute atomic E-state index is 0.463. The quantitative estimate of drug-likeness (QED) is 0.789. The molecular formula is C13H14N4. The van der Waals surface area contributed by atoms with Crippen LogP contribution in [0.2, 0.25) is 0 Å². The molecule has 0 saturated heterocycles. The van der Waals surface area contributed by atoms with Crippen molar-refractivity contribution < 1.29 is 0 Å². The fourth-order valence-corrected chi connectivity index (χ4v) is 1.87. The van der Waals surface area contributed by atoms with Gasteiger partial charge in [0.25, 0.3) is 0 Å². The van der Waals surface area contributed by atoms with Crippen LogP contribution >= 0.6 is 0 Å². The normalized spacial score (nSPS) is 13.8. The minimum atomic E-state index is 0.463. The number of aryl methyl sites for hydroxylation is 1. The lowest BCUT2D eigenvalue weighted by molar-refractivity contribution is 0.774. The van der Waals surface area contributed by atoms with Gasteiger partial charge in [-0.1, -0.05) is 0 Å². The number of pyridine rings is 1. The molecule has 1 aromatic rings. The van der Waals surface area contributed by atoms with Gasteiger partial charge in [-0.2, -0.15) is 10.5 Å². The van der Waals surface area contributed by atoms with Crippen molar-refractivity contribution >= 4 is 5.82 Å². The molecule has 0 aliphatic heterocycles. The molecule has 4 heteroatoms. The number of rotatable bonds is 4. The third-order valence-electron chi connectivity index (χ3n) is 2.86. The van der Waals surface area contributed by atoms with Crippen LogP contribution < -0.4 is 4.90 Å². The molecule has 17 heavy (non-hydrogen) atoms. The van der Waals surface area contributed by atoms with Crippen LogP contribution in [0.3, 0.4) is 0 Å². The smallest absolute Gasteiger partial charge is 0.147 e. The van der Waals surface area contributed by atoms with Crippen LogP contribution in [0.1, 0.15) is 30.5 Å². The summed E-state index contributed by atoms with van der Waals surface area (Å²) in [6.07, 6.45) is 2.73. The summed E-state index contributed by atoms with van der Waals surface area (Å²) in [5.41, 5.74) is 1.50. The second-order valence-electron chi connectivity index (χ2n) is 4.27. The first-order valence-corrected chi connectivity index (χ1v) is 5.77. The Morgan fingerprint density at radius 2 is 2.18 bits per heavy atom. The summed E-state index contributed by atoms with van der Waals surface area (Å²) in [5.74, 6) is 0.741. The number of hydrogen-bond donors (Lipinski definition) is 0. The zero-order valence-electron chi connectivity index (χ0n) is 9.85. The molecule has 0 radical (unpaired) electrons. The first-order chi connectivity index (χ1) is 8.26. The second kappa shape index (κ2) is 4.84. The molecule has 1 fully saturated rings. The fourth-order valence-electron chi connectivity index (χ4n) is 1.87. The Labute approximate surface area is 101 Å². The Morgan fingerprint density at radius 1 is 1.41 bits per heavy atom. The van der Waals surface area contributed by atoms with Crippen LogP contribution in [0.4, 0.5) is 5.82 Å². The maximum Gasteiger partial charge on any atom is 0.147 e. The van der Waals surface area contributed by atoms with Gasteiger partial charge in [0.15, 0.2) is 0 Å². The van der Waals surface area contributed by atoms with Gasteiger partial charge < -0.3 is 4.90 Å². The van der Waals surface area contributed by atoms with Crippen LogP contribution in [0.25, 0.3) is 0 Å². The molecule has 0 atom stereocenters. The van der Waals surface area contributed by atoms with Gasteiger partial charge in [-0.3, -0.25) is 0 Å². The van der Waals surface area contributed by atoms with Gasteiger partial charge in [0, 0.05) is 18.3 Å². The Hall–Kier alpha value is -2.07. The molecule has 0 N–H and O–H groups in total. The van der Waals surface area contributed by atoms with Crippen LogP contribution in [-0.4, -0.2) is 17.6 Å². The molecule has 1 saturated carbocycles. The summed E-state index contributed by atoms with van der Waals surface area (Å²) < 4.78 is 0. The van der Waals surface area contributed by atoms with Crippen molar-refractivity contribution in [2.24, 2.45) is 0 Å². The summed E-state index contributed by atoms with van der Waals surface area (Å²) in [6.45, 7) is 2.58. The van der Waals surface area contributed by atoms with Crippen molar-refractivity contribution in [3.63, 3.8) is 0 Å². The van der Waals surface area contributed by atoms with Gasteiger partial charge in [-0.15, -0.1) is 0 Å². The van der Waals surface area contributed by atoms with E-state index in [9.17, 15) is 0 Å². The monoisotopic (exact) mass is 226 g/mol. The fraction of sp³-hybridized carbons (Fsp3) is 0.462. The van der Waals surface area contributed by atoms with E-state index in [1.807, 2.05) is 13.0 Å². The number of hydrogen-bond acceptors (Lipinski definition) is 4. The van der Waals surface area contributed by atoms with Gasteiger partial charge in [0.1, 0.15) is 11.9 Å². The van der Waals surface area contributed by atoms with E-state index in [0.717, 1.165) is 24.4 Å². The average molecular weight is 226 g/mol. The molecule has 86 valence electrons. The lowest BCUT2D eigenvalue weighted by atomic mass is 10.2. The second-order valence-corrected chi connectivity index (χ2v) is 4.27. The van der Waals surface area contributed by atoms with E-state index in [4.69, 9.17) is 10.5 Å². The van der Waals surface area contributed by atoms with Gasteiger partial charge in [0.2, 0.25) is 0 Å². The summed E-state index contributed by atoms with van der Waals surface area (Å²) in [5, 5.41) is 17.8. The van der Waals surface area contributed by atoms with E-state index in [1.165, 1.54) is 0 Å². The lowest BCUT2D eigenvalue weighted by Crippen LogP contribution is -2.28. The molecule has 0 amide bonds. The Balaban J connectivity index is 2.31. The molecule has 0 spiro atoms. The summed E-state index contributed by atoms with van der Waals surface area (Å²) >= 11 is 0. The van der Waals surface area contributed by atoms with Crippen molar-refractivity contribution in [3.05, 3.63) is 23.4 Å². The highest BCUT2D eigenvalue weighted by Crippen LogP contribution is 2.32. The number of nitrogens with zero attached hydrogens (tertiary/aromatic N) is 4. The van der Waals surface area contributed by atoms with Crippen LogP contribution in [0.15, 0.2) is 12.1 Å².